The predicted molar refractivity (Wildman–Crippen MR) is 54.0 cm³/mol. The van der Waals surface area contributed by atoms with Crippen LogP contribution in [0, 0.1) is 6.92 Å². The highest BCUT2D eigenvalue weighted by molar-refractivity contribution is 6.33. The smallest absolute Gasteiger partial charge is 0.150 e. The summed E-state index contributed by atoms with van der Waals surface area (Å²) in [5.41, 5.74) is 5.01. The van der Waals surface area contributed by atoms with E-state index in [0.717, 1.165) is 42.1 Å². The highest BCUT2D eigenvalue weighted by Crippen LogP contribution is 2.25. The van der Waals surface area contributed by atoms with E-state index in [0.29, 0.717) is 0 Å². The Kier molecular flexibility index (Phi) is 1.99. The molecule has 2 rings (SSSR count). The van der Waals surface area contributed by atoms with E-state index >= 15 is 0 Å². The first-order chi connectivity index (χ1) is 6.24. The highest BCUT2D eigenvalue weighted by Gasteiger charge is 2.17. The van der Waals surface area contributed by atoms with Crippen molar-refractivity contribution < 1.29 is 4.79 Å². The fourth-order valence-corrected chi connectivity index (χ4v) is 2.07. The van der Waals surface area contributed by atoms with Crippen LogP contribution in [0.25, 0.3) is 0 Å². The molecule has 0 N–H and O–H groups in total. The van der Waals surface area contributed by atoms with Crippen molar-refractivity contribution in [3.8, 4) is 0 Å². The van der Waals surface area contributed by atoms with E-state index in [1.54, 1.807) is 0 Å². The number of hydrogen-bond acceptors (Lipinski definition) is 1. The first kappa shape index (κ1) is 8.55. The molecule has 0 atom stereocenters. The molecule has 0 aromatic heterocycles. The van der Waals surface area contributed by atoms with Gasteiger partial charge in [-0.05, 0) is 42.9 Å². The molecule has 1 aromatic carbocycles. The third-order valence-electron chi connectivity index (χ3n) is 2.87. The highest BCUT2D eigenvalue weighted by atomic mass is 16.1. The number of carbonyl (C=O) groups excluding carboxylic acids is 1. The molecule has 0 saturated heterocycles. The number of fused-ring (bicyclic) bond motifs is 1. The Morgan fingerprint density at radius 2 is 2.23 bits per heavy atom. The lowest BCUT2D eigenvalue weighted by atomic mass is 9.84. The van der Waals surface area contributed by atoms with Crippen LogP contribution in [0.4, 0.5) is 0 Å². The van der Waals surface area contributed by atoms with Gasteiger partial charge in [0.1, 0.15) is 7.85 Å². The van der Waals surface area contributed by atoms with Crippen molar-refractivity contribution in [1.82, 2.24) is 0 Å². The number of aryl methyl sites for hydroxylation is 1. The normalized spacial score (nSPS) is 14.2. The van der Waals surface area contributed by atoms with Crippen LogP contribution in [0.5, 0.6) is 0 Å². The quantitative estimate of drug-likeness (QED) is 0.455. The molecule has 0 spiro atoms. The van der Waals surface area contributed by atoms with Crippen molar-refractivity contribution >= 4 is 19.6 Å². The lowest BCUT2D eigenvalue weighted by Gasteiger charge is -2.09. The van der Waals surface area contributed by atoms with Crippen molar-refractivity contribution in [2.45, 2.75) is 26.2 Å². The van der Waals surface area contributed by atoms with Gasteiger partial charge < -0.3 is 0 Å². The van der Waals surface area contributed by atoms with E-state index in [2.05, 4.69) is 0 Å². The molecule has 0 aliphatic heterocycles. The first-order valence-corrected chi connectivity index (χ1v) is 4.60. The maximum atomic E-state index is 10.9. The average Bonchev–Trinajstić information content (AvgIpc) is 2.54. The summed E-state index contributed by atoms with van der Waals surface area (Å²) >= 11 is 0. The van der Waals surface area contributed by atoms with Gasteiger partial charge in [0.25, 0.3) is 0 Å². The van der Waals surface area contributed by atoms with Gasteiger partial charge in [-0.1, -0.05) is 11.5 Å². The average molecular weight is 170 g/mol. The second-order valence-electron chi connectivity index (χ2n) is 3.61. The minimum absolute atomic E-state index is 0.753. The largest absolute Gasteiger partial charge is 0.298 e. The summed E-state index contributed by atoms with van der Waals surface area (Å²) in [5, 5.41) is 0. The maximum absolute atomic E-state index is 10.9. The van der Waals surface area contributed by atoms with Gasteiger partial charge in [-0.25, -0.2) is 0 Å². The van der Waals surface area contributed by atoms with Gasteiger partial charge in [0.2, 0.25) is 0 Å². The van der Waals surface area contributed by atoms with Crippen molar-refractivity contribution in [2.75, 3.05) is 0 Å². The zero-order valence-electron chi connectivity index (χ0n) is 7.76. The Balaban J connectivity index is 2.71. The van der Waals surface area contributed by atoms with Crippen molar-refractivity contribution in [1.29, 1.82) is 0 Å². The molecule has 2 radical (unpaired) electrons. The van der Waals surface area contributed by atoms with E-state index < -0.39 is 0 Å². The summed E-state index contributed by atoms with van der Waals surface area (Å²) in [4.78, 5) is 10.9. The summed E-state index contributed by atoms with van der Waals surface area (Å²) in [6, 6.07) is 2.02. The summed E-state index contributed by atoms with van der Waals surface area (Å²) in [7, 11) is 5.81. The molecular weight excluding hydrogens is 159 g/mol. The fourth-order valence-electron chi connectivity index (χ4n) is 2.07. The Morgan fingerprint density at radius 1 is 1.46 bits per heavy atom. The summed E-state index contributed by atoms with van der Waals surface area (Å²) < 4.78 is 0. The van der Waals surface area contributed by atoms with Crippen molar-refractivity contribution in [2.24, 2.45) is 0 Å². The van der Waals surface area contributed by atoms with E-state index in [9.17, 15) is 4.79 Å². The Labute approximate surface area is 79.6 Å². The molecule has 1 aliphatic rings. The van der Waals surface area contributed by atoms with E-state index in [1.807, 2.05) is 13.0 Å². The molecule has 1 aromatic rings. The van der Waals surface area contributed by atoms with Crippen LogP contribution in [-0.2, 0) is 12.8 Å². The molecule has 0 saturated carbocycles. The number of benzene rings is 1. The van der Waals surface area contributed by atoms with Crippen LogP contribution in [0.3, 0.4) is 0 Å². The van der Waals surface area contributed by atoms with Crippen molar-refractivity contribution in [3.05, 3.63) is 28.3 Å². The van der Waals surface area contributed by atoms with Crippen molar-refractivity contribution in [3.63, 3.8) is 0 Å². The first-order valence-electron chi connectivity index (χ1n) is 4.60. The predicted octanol–water partition coefficient (Wildman–Crippen LogP) is 1.09. The Hall–Kier alpha value is -1.05. The molecule has 1 aliphatic carbocycles. The van der Waals surface area contributed by atoms with Crippen LogP contribution >= 0.6 is 0 Å². The van der Waals surface area contributed by atoms with Gasteiger partial charge in [0.15, 0.2) is 6.29 Å². The summed E-state index contributed by atoms with van der Waals surface area (Å²) in [6.07, 6.45) is 4.19. The summed E-state index contributed by atoms with van der Waals surface area (Å²) in [6.45, 7) is 1.91. The van der Waals surface area contributed by atoms with Gasteiger partial charge in [0.05, 0.1) is 0 Å². The van der Waals surface area contributed by atoms with Gasteiger partial charge in [-0.3, -0.25) is 4.79 Å². The molecule has 0 bridgehead atoms. The van der Waals surface area contributed by atoms with Gasteiger partial charge >= 0.3 is 0 Å². The van der Waals surface area contributed by atoms with Crippen LogP contribution in [0.1, 0.15) is 33.5 Å². The van der Waals surface area contributed by atoms with Gasteiger partial charge in [0, 0.05) is 5.56 Å². The Morgan fingerprint density at radius 3 is 2.92 bits per heavy atom. The van der Waals surface area contributed by atoms with E-state index in [1.165, 1.54) is 11.1 Å². The molecule has 1 nitrogen and oxygen atoms in total. The lowest BCUT2D eigenvalue weighted by Crippen LogP contribution is -2.13. The minimum Gasteiger partial charge on any atom is -0.298 e. The minimum atomic E-state index is 0.753. The van der Waals surface area contributed by atoms with E-state index in [4.69, 9.17) is 7.85 Å². The molecule has 64 valence electrons. The molecule has 0 unspecified atom stereocenters. The van der Waals surface area contributed by atoms with E-state index in [-0.39, 0.29) is 0 Å². The van der Waals surface area contributed by atoms with Gasteiger partial charge in [-0.15, -0.1) is 0 Å². The molecular formula is C11H11BO. The molecule has 0 amide bonds. The standard InChI is InChI=1S/C11H11BO/c1-7-10(6-13)9-4-2-3-8(9)5-11(7)12/h5-6H,2-4H2,1H3. The van der Waals surface area contributed by atoms with Crippen LogP contribution in [0.15, 0.2) is 6.07 Å². The number of aldehydes is 1. The number of rotatable bonds is 1. The van der Waals surface area contributed by atoms with Crippen LogP contribution < -0.4 is 5.46 Å². The fraction of sp³-hybridized carbons (Fsp3) is 0.364. The number of hydrogen-bond donors (Lipinski definition) is 0. The zero-order chi connectivity index (χ0) is 9.42. The molecule has 2 heteroatoms. The number of carbonyl (C=O) groups is 1. The van der Waals surface area contributed by atoms with Crippen LogP contribution in [-0.4, -0.2) is 14.1 Å². The SMILES string of the molecule is [B]c1cc2c(c(C=O)c1C)CCC2. The second-order valence-corrected chi connectivity index (χ2v) is 3.61. The van der Waals surface area contributed by atoms with Crippen LogP contribution in [0.2, 0.25) is 0 Å². The zero-order valence-corrected chi connectivity index (χ0v) is 7.76. The third-order valence-corrected chi connectivity index (χ3v) is 2.87. The third kappa shape index (κ3) is 1.21. The topological polar surface area (TPSA) is 17.1 Å². The second kappa shape index (κ2) is 3.02. The Bertz CT molecular complexity index is 369. The lowest BCUT2D eigenvalue weighted by molar-refractivity contribution is 0.112. The molecule has 0 heterocycles. The van der Waals surface area contributed by atoms with Gasteiger partial charge in [-0.2, -0.15) is 0 Å². The maximum Gasteiger partial charge on any atom is 0.150 e. The molecule has 0 fully saturated rings. The summed E-state index contributed by atoms with van der Waals surface area (Å²) in [5.74, 6) is 0. The monoisotopic (exact) mass is 170 g/mol. The molecule has 13 heavy (non-hydrogen) atoms.